The van der Waals surface area contributed by atoms with Crippen LogP contribution < -0.4 is 15.4 Å². The summed E-state index contributed by atoms with van der Waals surface area (Å²) in [6.45, 7) is -1.66. The molecule has 0 amide bonds. The summed E-state index contributed by atoms with van der Waals surface area (Å²) in [5, 5.41) is 7.10. The van der Waals surface area contributed by atoms with Gasteiger partial charge in [-0.1, -0.05) is 12.5 Å². The highest BCUT2D eigenvalue weighted by Gasteiger charge is 2.34. The van der Waals surface area contributed by atoms with Crippen molar-refractivity contribution in [2.24, 2.45) is 5.92 Å². The Kier molecular flexibility index (Phi) is 4.58. The first-order valence-corrected chi connectivity index (χ1v) is 7.77. The SMILES string of the molecule is FC(F)Oc1cccc(NC2CCCC2C2CCCN2)c1. The molecule has 3 atom stereocenters. The third-order valence-corrected chi connectivity index (χ3v) is 4.60. The first-order valence-electron chi connectivity index (χ1n) is 7.77. The zero-order chi connectivity index (χ0) is 14.7. The molecule has 2 N–H and O–H groups in total. The normalized spacial score (nSPS) is 29.0. The molecule has 0 radical (unpaired) electrons. The van der Waals surface area contributed by atoms with E-state index < -0.39 is 6.61 Å². The summed E-state index contributed by atoms with van der Waals surface area (Å²) >= 11 is 0. The van der Waals surface area contributed by atoms with Crippen molar-refractivity contribution >= 4 is 5.69 Å². The summed E-state index contributed by atoms with van der Waals surface area (Å²) in [7, 11) is 0. The van der Waals surface area contributed by atoms with E-state index in [-0.39, 0.29) is 5.75 Å². The summed E-state index contributed by atoms with van der Waals surface area (Å²) in [5.41, 5.74) is 0.864. The molecule has 3 unspecified atom stereocenters. The van der Waals surface area contributed by atoms with Gasteiger partial charge in [0.15, 0.2) is 0 Å². The Morgan fingerprint density at radius 3 is 2.86 bits per heavy atom. The first-order chi connectivity index (χ1) is 10.2. The van der Waals surface area contributed by atoms with Crippen LogP contribution in [0, 0.1) is 5.92 Å². The Hall–Kier alpha value is -1.36. The summed E-state index contributed by atoms with van der Waals surface area (Å²) in [6, 6.07) is 7.90. The van der Waals surface area contributed by atoms with Crippen LogP contribution in [0.3, 0.4) is 0 Å². The van der Waals surface area contributed by atoms with E-state index in [2.05, 4.69) is 15.4 Å². The van der Waals surface area contributed by atoms with Crippen LogP contribution in [-0.4, -0.2) is 25.2 Å². The summed E-state index contributed by atoms with van der Waals surface area (Å²) in [6.07, 6.45) is 6.11. The van der Waals surface area contributed by atoms with Crippen molar-refractivity contribution in [1.29, 1.82) is 0 Å². The molecular weight excluding hydrogens is 274 g/mol. The third kappa shape index (κ3) is 3.64. The fourth-order valence-corrected chi connectivity index (χ4v) is 3.70. The van der Waals surface area contributed by atoms with Crippen molar-refractivity contribution in [1.82, 2.24) is 5.32 Å². The summed E-state index contributed by atoms with van der Waals surface area (Å²) in [5.74, 6) is 0.843. The zero-order valence-corrected chi connectivity index (χ0v) is 12.0. The quantitative estimate of drug-likeness (QED) is 0.870. The van der Waals surface area contributed by atoms with Crippen LogP contribution in [0.25, 0.3) is 0 Å². The van der Waals surface area contributed by atoms with Gasteiger partial charge in [0.25, 0.3) is 0 Å². The van der Waals surface area contributed by atoms with Crippen molar-refractivity contribution in [3.63, 3.8) is 0 Å². The van der Waals surface area contributed by atoms with E-state index in [0.29, 0.717) is 18.0 Å². The van der Waals surface area contributed by atoms with Crippen LogP contribution in [0.5, 0.6) is 5.75 Å². The van der Waals surface area contributed by atoms with Crippen LogP contribution in [0.2, 0.25) is 0 Å². The number of nitrogens with one attached hydrogen (secondary N) is 2. The molecule has 3 rings (SSSR count). The van der Waals surface area contributed by atoms with Gasteiger partial charge in [-0.25, -0.2) is 0 Å². The molecule has 5 heteroatoms. The Morgan fingerprint density at radius 1 is 1.19 bits per heavy atom. The van der Waals surface area contributed by atoms with Crippen LogP contribution in [0.4, 0.5) is 14.5 Å². The number of hydrogen-bond donors (Lipinski definition) is 2. The fraction of sp³-hybridized carbons (Fsp3) is 0.625. The lowest BCUT2D eigenvalue weighted by molar-refractivity contribution is -0.0498. The Morgan fingerprint density at radius 2 is 2.10 bits per heavy atom. The first kappa shape index (κ1) is 14.6. The largest absolute Gasteiger partial charge is 0.435 e. The summed E-state index contributed by atoms with van der Waals surface area (Å²) in [4.78, 5) is 0. The second-order valence-electron chi connectivity index (χ2n) is 5.95. The lowest BCUT2D eigenvalue weighted by Gasteiger charge is -2.27. The predicted octanol–water partition coefficient (Wildman–Crippen LogP) is 3.62. The molecule has 1 heterocycles. The van der Waals surface area contributed by atoms with Gasteiger partial charge in [-0.15, -0.1) is 0 Å². The number of rotatable bonds is 5. The van der Waals surface area contributed by atoms with Gasteiger partial charge in [-0.05, 0) is 50.3 Å². The van der Waals surface area contributed by atoms with Gasteiger partial charge in [-0.3, -0.25) is 0 Å². The summed E-state index contributed by atoms with van der Waals surface area (Å²) < 4.78 is 29.0. The Labute approximate surface area is 124 Å². The standard InChI is InChI=1S/C16H22F2N2O/c17-16(18)21-12-5-1-4-11(10-12)20-15-7-2-6-13(15)14-8-3-9-19-14/h1,4-5,10,13-16,19-20H,2-3,6-9H2. The van der Waals surface area contributed by atoms with Crippen LogP contribution in [0.1, 0.15) is 32.1 Å². The second-order valence-corrected chi connectivity index (χ2v) is 5.95. The number of benzene rings is 1. The van der Waals surface area contributed by atoms with Crippen LogP contribution >= 0.6 is 0 Å². The minimum absolute atomic E-state index is 0.212. The van der Waals surface area contributed by atoms with Gasteiger partial charge in [0.2, 0.25) is 0 Å². The number of ether oxygens (including phenoxy) is 1. The van der Waals surface area contributed by atoms with Crippen LogP contribution in [-0.2, 0) is 0 Å². The molecule has 0 aromatic heterocycles. The number of halogens is 2. The molecule has 1 aliphatic carbocycles. The van der Waals surface area contributed by atoms with E-state index in [1.807, 2.05) is 6.07 Å². The van der Waals surface area contributed by atoms with Crippen molar-refractivity contribution in [3.05, 3.63) is 24.3 Å². The highest BCUT2D eigenvalue weighted by molar-refractivity contribution is 5.49. The molecule has 1 saturated carbocycles. The predicted molar refractivity (Wildman–Crippen MR) is 78.9 cm³/mol. The average Bonchev–Trinajstić information content (AvgIpc) is 3.08. The zero-order valence-electron chi connectivity index (χ0n) is 12.0. The van der Waals surface area contributed by atoms with Gasteiger partial charge in [-0.2, -0.15) is 8.78 Å². The molecule has 2 fully saturated rings. The number of hydrogen-bond acceptors (Lipinski definition) is 3. The Balaban J connectivity index is 1.64. The van der Waals surface area contributed by atoms with Crippen molar-refractivity contribution in [2.45, 2.75) is 50.8 Å². The minimum Gasteiger partial charge on any atom is -0.435 e. The maximum atomic E-state index is 12.3. The maximum absolute atomic E-state index is 12.3. The topological polar surface area (TPSA) is 33.3 Å². The van der Waals surface area contributed by atoms with E-state index in [1.165, 1.54) is 25.7 Å². The fourth-order valence-electron chi connectivity index (χ4n) is 3.70. The van der Waals surface area contributed by atoms with Crippen molar-refractivity contribution < 1.29 is 13.5 Å². The molecular formula is C16H22F2N2O. The van der Waals surface area contributed by atoms with Gasteiger partial charge in [0, 0.05) is 23.8 Å². The van der Waals surface area contributed by atoms with Gasteiger partial charge < -0.3 is 15.4 Å². The highest BCUT2D eigenvalue weighted by atomic mass is 19.3. The number of anilines is 1. The lowest BCUT2D eigenvalue weighted by Crippen LogP contribution is -2.38. The monoisotopic (exact) mass is 296 g/mol. The van der Waals surface area contributed by atoms with Crippen LogP contribution in [0.15, 0.2) is 24.3 Å². The van der Waals surface area contributed by atoms with E-state index in [1.54, 1.807) is 18.2 Å². The third-order valence-electron chi connectivity index (χ3n) is 4.60. The molecule has 1 aromatic carbocycles. The van der Waals surface area contributed by atoms with Gasteiger partial charge >= 0.3 is 6.61 Å². The molecule has 3 nitrogen and oxygen atoms in total. The molecule has 0 spiro atoms. The van der Waals surface area contributed by atoms with E-state index >= 15 is 0 Å². The minimum atomic E-state index is -2.78. The average molecular weight is 296 g/mol. The Bertz CT molecular complexity index is 463. The number of alkyl halides is 2. The van der Waals surface area contributed by atoms with Crippen molar-refractivity contribution in [2.75, 3.05) is 11.9 Å². The van der Waals surface area contributed by atoms with E-state index in [4.69, 9.17) is 0 Å². The molecule has 0 bridgehead atoms. The molecule has 1 aliphatic heterocycles. The van der Waals surface area contributed by atoms with Crippen molar-refractivity contribution in [3.8, 4) is 5.75 Å². The molecule has 1 aromatic rings. The molecule has 2 aliphatic rings. The molecule has 21 heavy (non-hydrogen) atoms. The lowest BCUT2D eigenvalue weighted by atomic mass is 9.93. The van der Waals surface area contributed by atoms with Gasteiger partial charge in [0.1, 0.15) is 5.75 Å². The molecule has 116 valence electrons. The molecule has 1 saturated heterocycles. The highest BCUT2D eigenvalue weighted by Crippen LogP contribution is 2.34. The van der Waals surface area contributed by atoms with Gasteiger partial charge in [0.05, 0.1) is 0 Å². The van der Waals surface area contributed by atoms with E-state index in [0.717, 1.165) is 18.7 Å². The maximum Gasteiger partial charge on any atom is 0.387 e. The van der Waals surface area contributed by atoms with E-state index in [9.17, 15) is 8.78 Å². The smallest absolute Gasteiger partial charge is 0.387 e. The second kappa shape index (κ2) is 6.60.